The summed E-state index contributed by atoms with van der Waals surface area (Å²) in [5.41, 5.74) is 2.33. The average molecular weight is 329 g/mol. The number of aliphatic hydroxyl groups is 1. The van der Waals surface area contributed by atoms with Crippen molar-refractivity contribution in [2.24, 2.45) is 0 Å². The van der Waals surface area contributed by atoms with Crippen LogP contribution in [0.15, 0.2) is 35.6 Å². The van der Waals surface area contributed by atoms with Crippen molar-refractivity contribution in [1.82, 2.24) is 4.90 Å². The van der Waals surface area contributed by atoms with Crippen molar-refractivity contribution in [3.63, 3.8) is 0 Å². The van der Waals surface area contributed by atoms with Crippen molar-refractivity contribution < 1.29 is 14.7 Å². The van der Waals surface area contributed by atoms with Gasteiger partial charge in [-0.05, 0) is 23.5 Å². The van der Waals surface area contributed by atoms with E-state index in [9.17, 15) is 14.7 Å². The summed E-state index contributed by atoms with van der Waals surface area (Å²) in [6, 6.07) is 7.52. The Morgan fingerprint density at radius 1 is 1.21 bits per heavy atom. The Hall–Kier alpha value is -2.10. The summed E-state index contributed by atoms with van der Waals surface area (Å²) < 4.78 is 0. The first-order valence-corrected chi connectivity index (χ1v) is 8.79. The van der Waals surface area contributed by atoms with Gasteiger partial charge in [0.25, 0.3) is 5.91 Å². The molecule has 0 spiro atoms. The first-order valence-electron chi connectivity index (χ1n) is 8.79. The molecule has 0 aliphatic carbocycles. The number of unbranched alkanes of at least 4 members (excludes halogenated alkanes) is 1. The topological polar surface area (TPSA) is 57.6 Å². The molecule has 1 aromatic carbocycles. The zero-order valence-electron chi connectivity index (χ0n) is 15.0. The van der Waals surface area contributed by atoms with Crippen LogP contribution < -0.4 is 0 Å². The summed E-state index contributed by atoms with van der Waals surface area (Å²) in [4.78, 5) is 26.4. The Labute approximate surface area is 144 Å². The van der Waals surface area contributed by atoms with Crippen LogP contribution in [-0.2, 0) is 9.59 Å². The second-order valence-electron chi connectivity index (χ2n) is 6.62. The molecule has 1 aliphatic rings. The molecule has 0 bridgehead atoms. The van der Waals surface area contributed by atoms with Gasteiger partial charge >= 0.3 is 0 Å². The van der Waals surface area contributed by atoms with E-state index in [2.05, 4.69) is 20.8 Å². The van der Waals surface area contributed by atoms with Crippen molar-refractivity contribution in [2.45, 2.75) is 58.9 Å². The molecule has 1 amide bonds. The highest BCUT2D eigenvalue weighted by Gasteiger charge is 2.42. The van der Waals surface area contributed by atoms with E-state index in [1.807, 2.05) is 24.3 Å². The fraction of sp³-hybridized carbons (Fsp3) is 0.500. The predicted molar refractivity (Wildman–Crippen MR) is 94.8 cm³/mol. The summed E-state index contributed by atoms with van der Waals surface area (Å²) >= 11 is 0. The van der Waals surface area contributed by atoms with Gasteiger partial charge in [0.15, 0.2) is 11.5 Å². The molecule has 24 heavy (non-hydrogen) atoms. The number of carbonyl (C=O) groups is 2. The molecule has 4 nitrogen and oxygen atoms in total. The lowest BCUT2D eigenvalue weighted by Crippen LogP contribution is -2.32. The summed E-state index contributed by atoms with van der Waals surface area (Å²) in [7, 11) is 0. The highest BCUT2D eigenvalue weighted by atomic mass is 16.3. The number of benzene rings is 1. The van der Waals surface area contributed by atoms with Crippen LogP contribution in [-0.4, -0.2) is 28.2 Å². The molecular formula is C20H27NO3. The Kier molecular flexibility index (Phi) is 5.81. The van der Waals surface area contributed by atoms with Gasteiger partial charge in [0.05, 0.1) is 11.6 Å². The number of nitrogens with zero attached hydrogens (tertiary/aromatic N) is 1. The number of carbonyl (C=O) groups excluding carboxylic acids is 2. The van der Waals surface area contributed by atoms with Gasteiger partial charge in [-0.1, -0.05) is 58.4 Å². The molecule has 1 unspecified atom stereocenters. The van der Waals surface area contributed by atoms with Crippen LogP contribution in [0.4, 0.5) is 0 Å². The summed E-state index contributed by atoms with van der Waals surface area (Å²) in [6.45, 7) is 8.59. The molecule has 1 aliphatic heterocycles. The quantitative estimate of drug-likeness (QED) is 0.812. The van der Waals surface area contributed by atoms with Crippen molar-refractivity contribution in [3.8, 4) is 0 Å². The minimum absolute atomic E-state index is 0.169. The second-order valence-corrected chi connectivity index (χ2v) is 6.62. The van der Waals surface area contributed by atoms with E-state index in [0.717, 1.165) is 18.4 Å². The van der Waals surface area contributed by atoms with E-state index < -0.39 is 11.9 Å². The highest BCUT2D eigenvalue weighted by molar-refractivity contribution is 6.08. The van der Waals surface area contributed by atoms with E-state index in [4.69, 9.17) is 0 Å². The average Bonchev–Trinajstić information content (AvgIpc) is 2.83. The van der Waals surface area contributed by atoms with Gasteiger partial charge in [0.1, 0.15) is 0 Å². The van der Waals surface area contributed by atoms with Gasteiger partial charge in [0, 0.05) is 13.0 Å². The molecule has 0 fully saturated rings. The number of hydrogen-bond donors (Lipinski definition) is 1. The van der Waals surface area contributed by atoms with Gasteiger partial charge in [-0.15, -0.1) is 0 Å². The maximum Gasteiger partial charge on any atom is 0.290 e. The summed E-state index contributed by atoms with van der Waals surface area (Å²) in [5, 5.41) is 10.3. The van der Waals surface area contributed by atoms with Crippen LogP contribution in [0.3, 0.4) is 0 Å². The molecule has 1 N–H and O–H groups in total. The van der Waals surface area contributed by atoms with Crippen LogP contribution in [0.1, 0.15) is 70.0 Å². The van der Waals surface area contributed by atoms with Crippen LogP contribution in [0, 0.1) is 0 Å². The first kappa shape index (κ1) is 18.2. The number of Topliss-reactive ketones (excluding diaryl/α,β-unsaturated/α-hetero) is 1. The molecule has 1 aromatic rings. The molecule has 0 saturated heterocycles. The number of aliphatic hydroxyl groups excluding tert-OH is 1. The van der Waals surface area contributed by atoms with Crippen LogP contribution >= 0.6 is 0 Å². The highest BCUT2D eigenvalue weighted by Crippen LogP contribution is 2.38. The van der Waals surface area contributed by atoms with Gasteiger partial charge in [-0.2, -0.15) is 0 Å². The molecule has 1 heterocycles. The maximum atomic E-state index is 12.5. The smallest absolute Gasteiger partial charge is 0.290 e. The molecule has 4 heteroatoms. The third-order valence-corrected chi connectivity index (χ3v) is 4.60. The van der Waals surface area contributed by atoms with Crippen molar-refractivity contribution in [3.05, 3.63) is 46.7 Å². The van der Waals surface area contributed by atoms with Gasteiger partial charge in [-0.25, -0.2) is 0 Å². The number of ketones is 1. The lowest BCUT2D eigenvalue weighted by atomic mass is 9.93. The lowest BCUT2D eigenvalue weighted by molar-refractivity contribution is -0.129. The molecule has 0 saturated carbocycles. The van der Waals surface area contributed by atoms with Gasteiger partial charge in [-0.3, -0.25) is 9.59 Å². The minimum atomic E-state index is -0.474. The molecule has 130 valence electrons. The summed E-state index contributed by atoms with van der Waals surface area (Å²) in [5.74, 6) is -0.562. The second kappa shape index (κ2) is 7.65. The van der Waals surface area contributed by atoms with E-state index in [1.165, 1.54) is 5.56 Å². The van der Waals surface area contributed by atoms with Gasteiger partial charge in [0.2, 0.25) is 0 Å². The lowest BCUT2D eigenvalue weighted by Gasteiger charge is -2.27. The minimum Gasteiger partial charge on any atom is -0.503 e. The van der Waals surface area contributed by atoms with Crippen molar-refractivity contribution >= 4 is 11.7 Å². The number of amides is 1. The van der Waals surface area contributed by atoms with Crippen molar-refractivity contribution in [1.29, 1.82) is 0 Å². The van der Waals surface area contributed by atoms with Gasteiger partial charge < -0.3 is 10.0 Å². The first-order chi connectivity index (χ1) is 11.4. The normalized spacial score (nSPS) is 18.0. The van der Waals surface area contributed by atoms with E-state index in [0.29, 0.717) is 12.5 Å². The monoisotopic (exact) mass is 329 g/mol. The molecule has 1 atom stereocenters. The van der Waals surface area contributed by atoms with E-state index >= 15 is 0 Å². The fourth-order valence-electron chi connectivity index (χ4n) is 3.10. The maximum absolute atomic E-state index is 12.5. The molecule has 0 aromatic heterocycles. The Morgan fingerprint density at radius 2 is 1.83 bits per heavy atom. The third kappa shape index (κ3) is 3.37. The molecule has 2 rings (SSSR count). The van der Waals surface area contributed by atoms with Crippen molar-refractivity contribution in [2.75, 3.05) is 6.54 Å². The predicted octanol–water partition coefficient (Wildman–Crippen LogP) is 4.28. The SMILES string of the molecule is CCCCN1C(=O)C(O)=C(C(=O)CC)C1c1ccc(C(C)C)cc1. The van der Waals surface area contributed by atoms with Crippen LogP contribution in [0.2, 0.25) is 0 Å². The number of rotatable bonds is 7. The zero-order chi connectivity index (χ0) is 17.9. The van der Waals surface area contributed by atoms with Crippen LogP contribution in [0.25, 0.3) is 0 Å². The summed E-state index contributed by atoms with van der Waals surface area (Å²) in [6.07, 6.45) is 2.06. The van der Waals surface area contributed by atoms with E-state index in [-0.39, 0.29) is 23.5 Å². The fourth-order valence-corrected chi connectivity index (χ4v) is 3.10. The Morgan fingerprint density at radius 3 is 2.33 bits per heavy atom. The Balaban J connectivity index is 2.45. The third-order valence-electron chi connectivity index (χ3n) is 4.60. The van der Waals surface area contributed by atoms with Crippen LogP contribution in [0.5, 0.6) is 0 Å². The molecule has 0 radical (unpaired) electrons. The number of hydrogen-bond acceptors (Lipinski definition) is 3. The van der Waals surface area contributed by atoms with E-state index in [1.54, 1.807) is 11.8 Å². The Bertz CT molecular complexity index is 643. The zero-order valence-corrected chi connectivity index (χ0v) is 15.0. The largest absolute Gasteiger partial charge is 0.503 e. The standard InChI is InChI=1S/C20H27NO3/c1-5-7-12-21-18(15-10-8-14(9-11-15)13(3)4)17(16(22)6-2)19(23)20(21)24/h8-11,13,18,23H,5-7,12H2,1-4H3. The molecular weight excluding hydrogens is 302 g/mol.